The molecule has 2 heterocycles. The van der Waals surface area contributed by atoms with E-state index in [2.05, 4.69) is 0 Å². The number of rotatable bonds is 2. The highest BCUT2D eigenvalue weighted by atomic mass is 14.3. The van der Waals surface area contributed by atoms with Crippen LogP contribution in [0, 0.1) is 5.92 Å². The van der Waals surface area contributed by atoms with Crippen molar-refractivity contribution >= 4 is 6.71 Å². The van der Waals surface area contributed by atoms with Crippen molar-refractivity contribution in [2.45, 2.75) is 88.6 Å². The second kappa shape index (κ2) is 5.15. The number of hydrogen-bond donors (Lipinski definition) is 0. The molecule has 0 aromatic carbocycles. The van der Waals surface area contributed by atoms with Crippen molar-refractivity contribution in [3.05, 3.63) is 0 Å². The Labute approximate surface area is 102 Å². The Kier molecular flexibility index (Phi) is 3.59. The summed E-state index contributed by atoms with van der Waals surface area (Å²) >= 11 is 0. The summed E-state index contributed by atoms with van der Waals surface area (Å²) in [5, 5.41) is 0. The molecule has 0 unspecified atom stereocenters. The Morgan fingerprint density at radius 3 is 1.75 bits per heavy atom. The Hall–Kier alpha value is 0.0649. The van der Waals surface area contributed by atoms with Gasteiger partial charge in [-0.15, -0.1) is 0 Å². The Balaban J connectivity index is 1.59. The molecule has 3 fully saturated rings. The third-order valence-electron chi connectivity index (χ3n) is 5.84. The normalized spacial score (nSPS) is 36.4. The maximum Gasteiger partial charge on any atom is 0.146 e. The summed E-state index contributed by atoms with van der Waals surface area (Å²) in [5.74, 6) is 3.42. The summed E-state index contributed by atoms with van der Waals surface area (Å²) in [6, 6.07) is 0. The highest BCUT2D eigenvalue weighted by molar-refractivity contribution is 6.62. The summed E-state index contributed by atoms with van der Waals surface area (Å²) in [5.41, 5.74) is 0. The number of hydrogen-bond acceptors (Lipinski definition) is 0. The fourth-order valence-electron chi connectivity index (χ4n) is 5.01. The molecule has 0 aromatic heterocycles. The molecule has 3 rings (SSSR count). The SMILES string of the molecule is C1CCC(CB2C3CCCC2CCC3)CC1. The largest absolute Gasteiger partial charge is 0.146 e. The van der Waals surface area contributed by atoms with Gasteiger partial charge < -0.3 is 0 Å². The molecule has 16 heavy (non-hydrogen) atoms. The summed E-state index contributed by atoms with van der Waals surface area (Å²) in [6.45, 7) is 1.16. The topological polar surface area (TPSA) is 0 Å². The van der Waals surface area contributed by atoms with Gasteiger partial charge in [-0.3, -0.25) is 0 Å². The second-order valence-corrected chi connectivity index (χ2v) is 6.79. The fraction of sp³-hybridized carbons (Fsp3) is 1.00. The zero-order chi connectivity index (χ0) is 10.8. The average molecular weight is 218 g/mol. The van der Waals surface area contributed by atoms with Crippen LogP contribution in [-0.2, 0) is 0 Å². The molecule has 0 nitrogen and oxygen atoms in total. The zero-order valence-electron chi connectivity index (χ0n) is 10.8. The predicted octanol–water partition coefficient (Wildman–Crippen LogP) is 5.17. The summed E-state index contributed by atoms with van der Waals surface area (Å²) < 4.78 is 0. The third kappa shape index (κ3) is 2.34. The van der Waals surface area contributed by atoms with Crippen LogP contribution in [0.1, 0.15) is 70.6 Å². The van der Waals surface area contributed by atoms with Crippen molar-refractivity contribution in [1.82, 2.24) is 0 Å². The lowest BCUT2D eigenvalue weighted by Gasteiger charge is -2.42. The highest BCUT2D eigenvalue weighted by Crippen LogP contribution is 2.49. The zero-order valence-corrected chi connectivity index (χ0v) is 10.8. The van der Waals surface area contributed by atoms with E-state index in [9.17, 15) is 0 Å². The molecule has 90 valence electrons. The van der Waals surface area contributed by atoms with Crippen molar-refractivity contribution < 1.29 is 0 Å². The molecule has 1 saturated carbocycles. The molecule has 0 aromatic rings. The molecule has 2 saturated heterocycles. The van der Waals surface area contributed by atoms with Gasteiger partial charge >= 0.3 is 0 Å². The van der Waals surface area contributed by atoms with E-state index in [0.717, 1.165) is 24.3 Å². The first-order chi connectivity index (χ1) is 7.93. The van der Waals surface area contributed by atoms with E-state index in [1.54, 1.807) is 57.7 Å². The molecule has 0 radical (unpaired) electrons. The monoisotopic (exact) mass is 218 g/mol. The van der Waals surface area contributed by atoms with Crippen molar-refractivity contribution in [3.8, 4) is 0 Å². The minimum atomic E-state index is 1.12. The lowest BCUT2D eigenvalue weighted by Crippen LogP contribution is -2.36. The first kappa shape index (κ1) is 11.2. The van der Waals surface area contributed by atoms with E-state index in [4.69, 9.17) is 0 Å². The molecular weight excluding hydrogens is 191 g/mol. The lowest BCUT2D eigenvalue weighted by atomic mass is 9.25. The maximum atomic E-state index is 1.62. The van der Waals surface area contributed by atoms with Crippen LogP contribution in [0.15, 0.2) is 0 Å². The standard InChI is InChI=1S/C15H27B/c1-2-6-13(7-3-1)12-16-14-8-4-9-15(16)11-5-10-14/h13-15H,1-12H2. The van der Waals surface area contributed by atoms with Crippen LogP contribution >= 0.6 is 0 Å². The Bertz CT molecular complexity index is 197. The predicted molar refractivity (Wildman–Crippen MR) is 72.3 cm³/mol. The van der Waals surface area contributed by atoms with E-state index in [1.807, 2.05) is 0 Å². The van der Waals surface area contributed by atoms with Crippen LogP contribution in [0.25, 0.3) is 0 Å². The van der Waals surface area contributed by atoms with Crippen LogP contribution in [0.4, 0.5) is 0 Å². The van der Waals surface area contributed by atoms with Gasteiger partial charge in [-0.2, -0.15) is 0 Å². The molecule has 1 aliphatic carbocycles. The van der Waals surface area contributed by atoms with Crippen molar-refractivity contribution in [3.63, 3.8) is 0 Å². The Morgan fingerprint density at radius 2 is 1.19 bits per heavy atom. The van der Waals surface area contributed by atoms with Gasteiger partial charge in [0.05, 0.1) is 0 Å². The molecule has 0 atom stereocenters. The van der Waals surface area contributed by atoms with Crippen LogP contribution in [-0.4, -0.2) is 6.71 Å². The summed E-state index contributed by atoms with van der Waals surface area (Å²) in [6.07, 6.45) is 18.8. The van der Waals surface area contributed by atoms with Crippen LogP contribution in [0.2, 0.25) is 18.0 Å². The minimum absolute atomic E-state index is 1.12. The smallest absolute Gasteiger partial charge is 0.0708 e. The van der Waals surface area contributed by atoms with E-state index in [1.165, 1.54) is 19.3 Å². The van der Waals surface area contributed by atoms with Gasteiger partial charge in [-0.25, -0.2) is 0 Å². The molecule has 2 bridgehead atoms. The molecule has 3 aliphatic rings. The maximum absolute atomic E-state index is 1.62. The van der Waals surface area contributed by atoms with Gasteiger partial charge in [0, 0.05) is 0 Å². The van der Waals surface area contributed by atoms with Gasteiger partial charge in [0.1, 0.15) is 6.71 Å². The number of fused-ring (bicyclic) bond motifs is 2. The Morgan fingerprint density at radius 1 is 0.625 bits per heavy atom. The first-order valence-electron chi connectivity index (χ1n) is 7.93. The van der Waals surface area contributed by atoms with E-state index in [0.29, 0.717) is 0 Å². The highest BCUT2D eigenvalue weighted by Gasteiger charge is 2.39. The first-order valence-corrected chi connectivity index (χ1v) is 7.93. The molecule has 1 heteroatoms. The van der Waals surface area contributed by atoms with Crippen LogP contribution < -0.4 is 0 Å². The van der Waals surface area contributed by atoms with Gasteiger partial charge in [-0.05, 0) is 5.92 Å². The van der Waals surface area contributed by atoms with Crippen molar-refractivity contribution in [1.29, 1.82) is 0 Å². The van der Waals surface area contributed by atoms with Gasteiger partial charge in [0.2, 0.25) is 0 Å². The van der Waals surface area contributed by atoms with Gasteiger partial charge in [0.15, 0.2) is 0 Å². The minimum Gasteiger partial charge on any atom is -0.0708 e. The second-order valence-electron chi connectivity index (χ2n) is 6.79. The van der Waals surface area contributed by atoms with E-state index >= 15 is 0 Å². The van der Waals surface area contributed by atoms with Crippen LogP contribution in [0.5, 0.6) is 0 Å². The quantitative estimate of drug-likeness (QED) is 0.561. The fourth-order valence-corrected chi connectivity index (χ4v) is 5.01. The molecule has 0 N–H and O–H groups in total. The van der Waals surface area contributed by atoms with E-state index in [-0.39, 0.29) is 0 Å². The summed E-state index contributed by atoms with van der Waals surface area (Å²) in [7, 11) is 0. The molecule has 2 aliphatic heterocycles. The van der Waals surface area contributed by atoms with Gasteiger partial charge in [-0.1, -0.05) is 88.6 Å². The average Bonchev–Trinajstić information content (AvgIpc) is 2.30. The molecule has 0 spiro atoms. The molecule has 0 amide bonds. The van der Waals surface area contributed by atoms with Gasteiger partial charge in [0.25, 0.3) is 0 Å². The van der Waals surface area contributed by atoms with Crippen LogP contribution in [0.3, 0.4) is 0 Å². The lowest BCUT2D eigenvalue weighted by molar-refractivity contribution is 0.369. The summed E-state index contributed by atoms with van der Waals surface area (Å²) in [4.78, 5) is 0. The van der Waals surface area contributed by atoms with E-state index < -0.39 is 0 Å². The third-order valence-corrected chi connectivity index (χ3v) is 5.84. The van der Waals surface area contributed by atoms with Crippen molar-refractivity contribution in [2.75, 3.05) is 0 Å². The van der Waals surface area contributed by atoms with Crippen molar-refractivity contribution in [2.24, 2.45) is 5.92 Å². The molecular formula is C15H27B.